The molecule has 14 heavy (non-hydrogen) atoms. The fourth-order valence-corrected chi connectivity index (χ4v) is 2.39. The van der Waals surface area contributed by atoms with E-state index in [1.165, 1.54) is 22.0 Å². The molecule has 0 radical (unpaired) electrons. The predicted molar refractivity (Wildman–Crippen MR) is 66.0 cm³/mol. The quantitative estimate of drug-likeness (QED) is 0.690. The third-order valence-electron chi connectivity index (χ3n) is 2.62. The maximum absolute atomic E-state index is 3.33. The molecule has 2 heteroatoms. The maximum Gasteiger partial charge on any atom is 0.0140 e. The Labute approximate surface area is 87.8 Å². The Bertz CT molecular complexity index is 369. The van der Waals surface area contributed by atoms with Crippen LogP contribution >= 0.6 is 9.24 Å². The van der Waals surface area contributed by atoms with Crippen LogP contribution < -0.4 is 10.6 Å². The number of hydrogen-bond donors (Lipinski definition) is 1. The molecule has 1 aliphatic heterocycles. The van der Waals surface area contributed by atoms with Gasteiger partial charge < -0.3 is 5.32 Å². The maximum atomic E-state index is 3.33. The third-order valence-corrected chi connectivity index (χ3v) is 3.09. The minimum Gasteiger partial charge on any atom is -0.313 e. The molecule has 0 fully saturated rings. The van der Waals surface area contributed by atoms with Gasteiger partial charge in [0.2, 0.25) is 0 Å². The molecule has 0 spiro atoms. The molecule has 0 saturated heterocycles. The van der Waals surface area contributed by atoms with Gasteiger partial charge in [0, 0.05) is 6.54 Å². The Balaban J connectivity index is 2.35. The van der Waals surface area contributed by atoms with Crippen molar-refractivity contribution >= 4 is 20.1 Å². The minimum absolute atomic E-state index is 1.01. The summed E-state index contributed by atoms with van der Waals surface area (Å²) in [6.07, 6.45) is 3.44. The zero-order valence-corrected chi connectivity index (χ0v) is 9.66. The summed E-state index contributed by atoms with van der Waals surface area (Å²) in [5.41, 5.74) is 4.20. The lowest BCUT2D eigenvalue weighted by Crippen LogP contribution is -2.21. The highest BCUT2D eigenvalue weighted by Crippen LogP contribution is 2.19. The number of benzene rings is 1. The molecule has 0 saturated carbocycles. The normalized spacial score (nSPS) is 16.6. The van der Waals surface area contributed by atoms with Crippen molar-refractivity contribution in [2.75, 3.05) is 13.1 Å². The summed E-state index contributed by atoms with van der Waals surface area (Å²) < 4.78 is 0. The zero-order valence-electron chi connectivity index (χ0n) is 8.51. The fourth-order valence-electron chi connectivity index (χ4n) is 1.84. The highest BCUT2D eigenvalue weighted by molar-refractivity contribution is 7.27. The molecule has 74 valence electrons. The van der Waals surface area contributed by atoms with Crippen LogP contribution in [0.4, 0.5) is 0 Å². The van der Waals surface area contributed by atoms with Gasteiger partial charge in [-0.3, -0.25) is 0 Å². The molecule has 0 aliphatic carbocycles. The molecule has 1 aromatic carbocycles. The van der Waals surface area contributed by atoms with Crippen molar-refractivity contribution in [3.05, 3.63) is 35.4 Å². The largest absolute Gasteiger partial charge is 0.313 e. The molecule has 1 N–H and O–H groups in total. The Kier molecular flexibility index (Phi) is 3.00. The summed E-state index contributed by atoms with van der Waals surface area (Å²) in [6.45, 7) is 4.24. The molecule has 0 bridgehead atoms. The SMILES string of the molecule is Cc1ccc(C2=CCNCC2)c(P)c1. The molecule has 1 unspecified atom stereocenters. The first-order chi connectivity index (χ1) is 6.77. The van der Waals surface area contributed by atoms with Crippen LogP contribution in [0.25, 0.3) is 5.57 Å². The zero-order chi connectivity index (χ0) is 9.97. The van der Waals surface area contributed by atoms with E-state index in [2.05, 4.69) is 45.8 Å². The van der Waals surface area contributed by atoms with Crippen LogP contribution in [0.5, 0.6) is 0 Å². The Morgan fingerprint density at radius 3 is 2.86 bits per heavy atom. The van der Waals surface area contributed by atoms with Crippen molar-refractivity contribution in [3.63, 3.8) is 0 Å². The van der Waals surface area contributed by atoms with E-state index in [0.29, 0.717) is 0 Å². The second-order valence-corrected chi connectivity index (χ2v) is 4.40. The van der Waals surface area contributed by atoms with Crippen molar-refractivity contribution in [2.24, 2.45) is 0 Å². The van der Waals surface area contributed by atoms with Crippen molar-refractivity contribution < 1.29 is 0 Å². The lowest BCUT2D eigenvalue weighted by atomic mass is 9.99. The molecule has 0 amide bonds. The summed E-state index contributed by atoms with van der Waals surface area (Å²) in [5, 5.41) is 4.65. The van der Waals surface area contributed by atoms with Gasteiger partial charge >= 0.3 is 0 Å². The summed E-state index contributed by atoms with van der Waals surface area (Å²) in [7, 11) is 2.83. The Morgan fingerprint density at radius 2 is 2.21 bits per heavy atom. The lowest BCUT2D eigenvalue weighted by molar-refractivity contribution is 0.739. The summed E-state index contributed by atoms with van der Waals surface area (Å²) in [6, 6.07) is 6.64. The number of hydrogen-bond acceptors (Lipinski definition) is 1. The monoisotopic (exact) mass is 205 g/mol. The van der Waals surface area contributed by atoms with Crippen molar-refractivity contribution in [2.45, 2.75) is 13.3 Å². The van der Waals surface area contributed by atoms with Gasteiger partial charge in [-0.1, -0.05) is 29.8 Å². The van der Waals surface area contributed by atoms with Crippen LogP contribution in [-0.2, 0) is 0 Å². The Morgan fingerprint density at radius 1 is 1.36 bits per heavy atom. The molecule has 0 aromatic heterocycles. The number of rotatable bonds is 1. The molecular formula is C12H16NP. The first-order valence-electron chi connectivity index (χ1n) is 5.03. The number of nitrogens with one attached hydrogen (secondary N) is 1. The average Bonchev–Trinajstić information content (AvgIpc) is 2.19. The first kappa shape index (κ1) is 9.89. The minimum atomic E-state index is 1.01. The molecule has 1 nitrogen and oxygen atoms in total. The second-order valence-electron chi connectivity index (χ2n) is 3.77. The van der Waals surface area contributed by atoms with Gasteiger partial charge in [0.1, 0.15) is 0 Å². The fraction of sp³-hybridized carbons (Fsp3) is 0.333. The van der Waals surface area contributed by atoms with Crippen LogP contribution in [-0.4, -0.2) is 13.1 Å². The van der Waals surface area contributed by atoms with Crippen LogP contribution in [0.1, 0.15) is 17.5 Å². The second kappa shape index (κ2) is 4.25. The van der Waals surface area contributed by atoms with Crippen molar-refractivity contribution in [1.82, 2.24) is 5.32 Å². The predicted octanol–water partition coefficient (Wildman–Crippen LogP) is 1.87. The number of aryl methyl sites for hydroxylation is 1. The van der Waals surface area contributed by atoms with Gasteiger partial charge in [0.05, 0.1) is 0 Å². The van der Waals surface area contributed by atoms with Gasteiger partial charge in [-0.25, -0.2) is 0 Å². The van der Waals surface area contributed by atoms with Crippen LogP contribution in [0.15, 0.2) is 24.3 Å². The molecule has 1 aromatic rings. The third kappa shape index (κ3) is 2.05. The smallest absolute Gasteiger partial charge is 0.0140 e. The molecule has 1 heterocycles. The van der Waals surface area contributed by atoms with E-state index >= 15 is 0 Å². The van der Waals surface area contributed by atoms with Crippen molar-refractivity contribution in [1.29, 1.82) is 0 Å². The molecular weight excluding hydrogens is 189 g/mol. The average molecular weight is 205 g/mol. The van der Waals surface area contributed by atoms with Gasteiger partial charge in [0.15, 0.2) is 0 Å². The molecule has 1 aliphatic rings. The summed E-state index contributed by atoms with van der Waals surface area (Å²) in [4.78, 5) is 0. The van der Waals surface area contributed by atoms with Gasteiger partial charge in [-0.2, -0.15) is 0 Å². The highest BCUT2D eigenvalue weighted by Gasteiger charge is 2.07. The van der Waals surface area contributed by atoms with Crippen LogP contribution in [0, 0.1) is 6.92 Å². The van der Waals surface area contributed by atoms with Crippen molar-refractivity contribution in [3.8, 4) is 0 Å². The van der Waals surface area contributed by atoms with E-state index in [-0.39, 0.29) is 0 Å². The van der Waals surface area contributed by atoms with E-state index in [9.17, 15) is 0 Å². The topological polar surface area (TPSA) is 12.0 Å². The summed E-state index contributed by atoms with van der Waals surface area (Å²) in [5.74, 6) is 0. The van der Waals surface area contributed by atoms with Gasteiger partial charge in [0.25, 0.3) is 0 Å². The highest BCUT2D eigenvalue weighted by atomic mass is 31.0. The lowest BCUT2D eigenvalue weighted by Gasteiger charge is -2.16. The molecule has 1 atom stereocenters. The standard InChI is InChI=1S/C12H16NP/c1-9-2-3-11(12(14)8-9)10-4-6-13-7-5-10/h2-4,8,13H,5-7,14H2,1H3. The van der Waals surface area contributed by atoms with Gasteiger partial charge in [-0.15, -0.1) is 9.24 Å². The van der Waals surface area contributed by atoms with E-state index < -0.39 is 0 Å². The van der Waals surface area contributed by atoms with E-state index in [1.807, 2.05) is 0 Å². The van der Waals surface area contributed by atoms with Gasteiger partial charge in [-0.05, 0) is 36.3 Å². The van der Waals surface area contributed by atoms with Crippen LogP contribution in [0.2, 0.25) is 0 Å². The molecule has 2 rings (SSSR count). The van der Waals surface area contributed by atoms with E-state index in [1.54, 1.807) is 0 Å². The van der Waals surface area contributed by atoms with E-state index in [4.69, 9.17) is 0 Å². The summed E-state index contributed by atoms with van der Waals surface area (Å²) >= 11 is 0. The first-order valence-corrected chi connectivity index (χ1v) is 5.61. The van der Waals surface area contributed by atoms with Crippen LogP contribution in [0.3, 0.4) is 0 Å². The Hall–Kier alpha value is -0.650. The van der Waals surface area contributed by atoms with E-state index in [0.717, 1.165) is 19.5 Å².